The van der Waals surface area contributed by atoms with Crippen LogP contribution in [0.25, 0.3) is 11.3 Å². The number of primary amides is 1. The van der Waals surface area contributed by atoms with Gasteiger partial charge in [0.2, 0.25) is 5.91 Å². The average Bonchev–Trinajstić information content (AvgIpc) is 3.08. The van der Waals surface area contributed by atoms with Gasteiger partial charge in [-0.1, -0.05) is 53.6 Å². The van der Waals surface area contributed by atoms with E-state index in [1.54, 1.807) is 27.8 Å². The van der Waals surface area contributed by atoms with E-state index in [2.05, 4.69) is 5.10 Å². The van der Waals surface area contributed by atoms with Crippen molar-refractivity contribution in [2.45, 2.75) is 26.4 Å². The Balaban J connectivity index is 1.62. The maximum absolute atomic E-state index is 12.8. The largest absolute Gasteiger partial charge is 0.365 e. The van der Waals surface area contributed by atoms with E-state index < -0.39 is 5.91 Å². The van der Waals surface area contributed by atoms with Crippen LogP contribution in [0.4, 0.5) is 0 Å². The lowest BCUT2D eigenvalue weighted by molar-refractivity contribution is -0.132. The smallest absolute Gasteiger partial charge is 0.252 e. The van der Waals surface area contributed by atoms with Crippen LogP contribution in [0, 0.1) is 6.92 Å². The van der Waals surface area contributed by atoms with Gasteiger partial charge in [-0.25, -0.2) is 0 Å². The molecule has 2 amide bonds. The summed E-state index contributed by atoms with van der Waals surface area (Å²) in [6.07, 6.45) is 0.321. The third kappa shape index (κ3) is 3.89. The van der Waals surface area contributed by atoms with Crippen molar-refractivity contribution in [1.82, 2.24) is 14.7 Å². The first-order valence-electron chi connectivity index (χ1n) is 9.41. The molecular formula is C22H21ClN4O2. The van der Waals surface area contributed by atoms with Crippen LogP contribution in [0.1, 0.15) is 27.2 Å². The van der Waals surface area contributed by atoms with Crippen LogP contribution >= 0.6 is 11.6 Å². The first kappa shape index (κ1) is 19.2. The maximum atomic E-state index is 12.8. The van der Waals surface area contributed by atoms with Crippen molar-refractivity contribution >= 4 is 23.4 Å². The van der Waals surface area contributed by atoms with Crippen molar-refractivity contribution in [1.29, 1.82) is 0 Å². The third-order valence-corrected chi connectivity index (χ3v) is 5.39. The highest BCUT2D eigenvalue weighted by Gasteiger charge is 2.29. The Labute approximate surface area is 173 Å². The summed E-state index contributed by atoms with van der Waals surface area (Å²) >= 11 is 6.10. The molecule has 0 spiro atoms. The summed E-state index contributed by atoms with van der Waals surface area (Å²) in [7, 11) is 0. The molecule has 4 rings (SSSR count). The van der Waals surface area contributed by atoms with Crippen molar-refractivity contribution in [3.8, 4) is 11.3 Å². The number of carbonyl (C=O) groups is 2. The number of rotatable bonds is 4. The molecule has 6 nitrogen and oxygen atoms in total. The number of nitrogens with zero attached hydrogens (tertiary/aromatic N) is 3. The molecule has 0 atom stereocenters. The van der Waals surface area contributed by atoms with Crippen LogP contribution in [0.5, 0.6) is 0 Å². The van der Waals surface area contributed by atoms with E-state index in [0.717, 1.165) is 16.7 Å². The Morgan fingerprint density at radius 3 is 2.59 bits per heavy atom. The zero-order valence-corrected chi connectivity index (χ0v) is 16.8. The van der Waals surface area contributed by atoms with Crippen LogP contribution in [0.2, 0.25) is 5.02 Å². The first-order chi connectivity index (χ1) is 13.9. The highest BCUT2D eigenvalue weighted by molar-refractivity contribution is 6.30. The summed E-state index contributed by atoms with van der Waals surface area (Å²) in [5.41, 5.74) is 10.1. The van der Waals surface area contributed by atoms with Crippen LogP contribution in [-0.2, 0) is 24.3 Å². The molecule has 148 valence electrons. The number of carbonyl (C=O) groups excluding carboxylic acids is 2. The van der Waals surface area contributed by atoms with Crippen LogP contribution in [-0.4, -0.2) is 33.0 Å². The molecule has 0 saturated carbocycles. The molecule has 0 bridgehead atoms. The standard InChI is InChI=1S/C22H21ClN4O2/c1-14-5-7-15(8-6-14)11-19(28)26-9-10-27-18(13-26)20(22(24)29)21(25-27)16-3-2-4-17(23)12-16/h2-8,12H,9-11,13H2,1H3,(H2,24,29). The summed E-state index contributed by atoms with van der Waals surface area (Å²) in [6.45, 7) is 3.36. The first-order valence-corrected chi connectivity index (χ1v) is 9.79. The average molecular weight is 409 g/mol. The Hall–Kier alpha value is -3.12. The lowest BCUT2D eigenvalue weighted by Gasteiger charge is -2.28. The van der Waals surface area contributed by atoms with E-state index in [1.165, 1.54) is 0 Å². The Morgan fingerprint density at radius 2 is 1.90 bits per heavy atom. The van der Waals surface area contributed by atoms with Gasteiger partial charge in [-0.2, -0.15) is 5.10 Å². The van der Waals surface area contributed by atoms with E-state index in [0.29, 0.717) is 48.0 Å². The molecular weight excluding hydrogens is 388 g/mol. The number of aromatic nitrogens is 2. The molecule has 0 saturated heterocycles. The normalized spacial score (nSPS) is 13.2. The van der Waals surface area contributed by atoms with Crippen molar-refractivity contribution < 1.29 is 9.59 Å². The second-order valence-corrected chi connectivity index (χ2v) is 7.68. The van der Waals surface area contributed by atoms with Crippen molar-refractivity contribution in [2.24, 2.45) is 5.73 Å². The number of hydrogen-bond donors (Lipinski definition) is 1. The molecule has 2 N–H and O–H groups in total. The van der Waals surface area contributed by atoms with Crippen molar-refractivity contribution in [2.75, 3.05) is 6.54 Å². The molecule has 0 unspecified atom stereocenters. The number of halogens is 1. The second-order valence-electron chi connectivity index (χ2n) is 7.25. The Bertz CT molecular complexity index is 1090. The minimum Gasteiger partial charge on any atom is -0.365 e. The van der Waals surface area contributed by atoms with E-state index in [1.807, 2.05) is 37.3 Å². The van der Waals surface area contributed by atoms with E-state index in [9.17, 15) is 9.59 Å². The molecule has 2 aromatic carbocycles. The van der Waals surface area contributed by atoms with Gasteiger partial charge in [-0.3, -0.25) is 14.3 Å². The zero-order valence-electron chi connectivity index (χ0n) is 16.1. The second kappa shape index (κ2) is 7.72. The molecule has 3 aromatic rings. The number of fused-ring (bicyclic) bond motifs is 1. The van der Waals surface area contributed by atoms with E-state index in [4.69, 9.17) is 17.3 Å². The molecule has 1 aliphatic rings. The molecule has 29 heavy (non-hydrogen) atoms. The summed E-state index contributed by atoms with van der Waals surface area (Å²) in [4.78, 5) is 26.8. The predicted octanol–water partition coefficient (Wildman–Crippen LogP) is 3.20. The monoisotopic (exact) mass is 408 g/mol. The van der Waals surface area contributed by atoms with Gasteiger partial charge in [-0.05, 0) is 24.6 Å². The molecule has 1 aliphatic heterocycles. The lowest BCUT2D eigenvalue weighted by atomic mass is 10.0. The van der Waals surface area contributed by atoms with Gasteiger partial charge in [0.15, 0.2) is 0 Å². The van der Waals surface area contributed by atoms with Crippen LogP contribution in [0.3, 0.4) is 0 Å². The van der Waals surface area contributed by atoms with Gasteiger partial charge in [0, 0.05) is 17.1 Å². The van der Waals surface area contributed by atoms with Crippen molar-refractivity contribution in [3.63, 3.8) is 0 Å². The van der Waals surface area contributed by atoms with Gasteiger partial charge < -0.3 is 10.6 Å². The van der Waals surface area contributed by atoms with Gasteiger partial charge in [-0.15, -0.1) is 0 Å². The number of nitrogens with two attached hydrogens (primary N) is 1. The highest BCUT2D eigenvalue weighted by Crippen LogP contribution is 2.29. The molecule has 2 heterocycles. The highest BCUT2D eigenvalue weighted by atomic mass is 35.5. The molecule has 7 heteroatoms. The summed E-state index contributed by atoms with van der Waals surface area (Å²) in [5, 5.41) is 5.14. The lowest BCUT2D eigenvalue weighted by Crippen LogP contribution is -2.40. The molecule has 0 aliphatic carbocycles. The maximum Gasteiger partial charge on any atom is 0.252 e. The minimum absolute atomic E-state index is 0.0148. The van der Waals surface area contributed by atoms with Gasteiger partial charge in [0.1, 0.15) is 5.69 Å². The fraction of sp³-hybridized carbons (Fsp3) is 0.227. The van der Waals surface area contributed by atoms with Crippen molar-refractivity contribution in [3.05, 3.63) is 75.9 Å². The zero-order chi connectivity index (χ0) is 20.5. The number of aryl methyl sites for hydroxylation is 1. The van der Waals surface area contributed by atoms with E-state index >= 15 is 0 Å². The SMILES string of the molecule is Cc1ccc(CC(=O)N2CCn3nc(-c4cccc(Cl)c4)c(C(N)=O)c3C2)cc1. The van der Waals surface area contributed by atoms with Gasteiger partial charge in [0.25, 0.3) is 5.91 Å². The molecule has 0 radical (unpaired) electrons. The number of hydrogen-bond acceptors (Lipinski definition) is 3. The van der Waals surface area contributed by atoms with E-state index in [-0.39, 0.29) is 5.91 Å². The quantitative estimate of drug-likeness (QED) is 0.719. The van der Waals surface area contributed by atoms with Gasteiger partial charge in [0.05, 0.1) is 30.8 Å². The predicted molar refractivity (Wildman–Crippen MR) is 111 cm³/mol. The number of amides is 2. The Morgan fingerprint density at radius 1 is 1.14 bits per heavy atom. The van der Waals surface area contributed by atoms with Crippen LogP contribution in [0.15, 0.2) is 48.5 Å². The fourth-order valence-corrected chi connectivity index (χ4v) is 3.81. The fourth-order valence-electron chi connectivity index (χ4n) is 3.62. The minimum atomic E-state index is -0.561. The molecule has 1 aromatic heterocycles. The Kier molecular flexibility index (Phi) is 5.11. The molecule has 0 fully saturated rings. The third-order valence-electron chi connectivity index (χ3n) is 5.15. The van der Waals surface area contributed by atoms with Crippen LogP contribution < -0.4 is 5.73 Å². The summed E-state index contributed by atoms with van der Waals surface area (Å²) in [6, 6.07) is 15.1. The summed E-state index contributed by atoms with van der Waals surface area (Å²) < 4.78 is 1.77. The topological polar surface area (TPSA) is 81.2 Å². The van der Waals surface area contributed by atoms with Gasteiger partial charge >= 0.3 is 0 Å². The summed E-state index contributed by atoms with van der Waals surface area (Å²) in [5.74, 6) is -0.546. The number of benzene rings is 2.